The zero-order valence-electron chi connectivity index (χ0n) is 19.1. The number of ether oxygens (including phenoxy) is 4. The van der Waals surface area contributed by atoms with E-state index in [1.807, 2.05) is 0 Å². The maximum atomic E-state index is 12.6. The van der Waals surface area contributed by atoms with Gasteiger partial charge in [-0.05, 0) is 12.5 Å². The van der Waals surface area contributed by atoms with Gasteiger partial charge in [0.1, 0.15) is 11.3 Å². The summed E-state index contributed by atoms with van der Waals surface area (Å²) in [7, 11) is 4.41. The van der Waals surface area contributed by atoms with Crippen molar-refractivity contribution in [3.8, 4) is 17.2 Å². The van der Waals surface area contributed by atoms with Crippen LogP contribution in [-0.2, 0) is 16.1 Å². The minimum atomic E-state index is -0.658. The summed E-state index contributed by atoms with van der Waals surface area (Å²) in [6.45, 7) is 5.36. The smallest absolute Gasteiger partial charge is 0.342 e. The van der Waals surface area contributed by atoms with E-state index in [0.29, 0.717) is 24.6 Å². The molecular formula is C24H30N2O6. The number of esters is 1. The molecule has 1 amide bonds. The summed E-state index contributed by atoms with van der Waals surface area (Å²) in [5.74, 6) is 0.212. The van der Waals surface area contributed by atoms with Crippen molar-refractivity contribution in [3.63, 3.8) is 0 Å². The molecule has 0 bridgehead atoms. The summed E-state index contributed by atoms with van der Waals surface area (Å²) in [4.78, 5) is 29.2. The molecule has 1 fully saturated rings. The fourth-order valence-electron chi connectivity index (χ4n) is 3.71. The van der Waals surface area contributed by atoms with Gasteiger partial charge in [-0.2, -0.15) is 0 Å². The number of nitrogens with zero attached hydrogens (tertiary/aromatic N) is 2. The first kappa shape index (κ1) is 23.4. The molecule has 1 heterocycles. The maximum Gasteiger partial charge on any atom is 0.342 e. The van der Waals surface area contributed by atoms with Gasteiger partial charge in [0, 0.05) is 44.9 Å². The molecule has 2 aromatic carbocycles. The van der Waals surface area contributed by atoms with Crippen molar-refractivity contribution in [2.75, 3.05) is 54.1 Å². The number of hydrogen-bond acceptors (Lipinski definition) is 7. The molecule has 0 radical (unpaired) electrons. The van der Waals surface area contributed by atoms with Gasteiger partial charge in [0.25, 0.3) is 5.91 Å². The van der Waals surface area contributed by atoms with E-state index in [1.54, 1.807) is 11.0 Å². The normalized spacial score (nSPS) is 14.1. The number of methoxy groups -OCH3 is 3. The molecule has 0 saturated carbocycles. The van der Waals surface area contributed by atoms with Crippen LogP contribution in [0.2, 0.25) is 0 Å². The van der Waals surface area contributed by atoms with Gasteiger partial charge in [0.2, 0.25) is 0 Å². The molecule has 172 valence electrons. The number of hydrogen-bond donors (Lipinski definition) is 0. The minimum Gasteiger partial charge on any atom is -0.496 e. The average Bonchev–Trinajstić information content (AvgIpc) is 2.81. The first-order chi connectivity index (χ1) is 15.4. The second kappa shape index (κ2) is 10.9. The third-order valence-electron chi connectivity index (χ3n) is 5.47. The number of rotatable bonds is 8. The molecule has 0 N–H and O–H groups in total. The molecule has 8 nitrogen and oxygen atoms in total. The van der Waals surface area contributed by atoms with Crippen molar-refractivity contribution in [2.24, 2.45) is 0 Å². The lowest BCUT2D eigenvalue weighted by Crippen LogP contribution is -2.49. The quantitative estimate of drug-likeness (QED) is 0.582. The number of piperazine rings is 1. The van der Waals surface area contributed by atoms with Gasteiger partial charge < -0.3 is 23.8 Å². The average molecular weight is 443 g/mol. The molecule has 0 spiro atoms. The molecule has 1 aliphatic rings. The highest BCUT2D eigenvalue weighted by Gasteiger charge is 2.24. The van der Waals surface area contributed by atoms with Crippen LogP contribution in [0.4, 0.5) is 0 Å². The summed E-state index contributed by atoms with van der Waals surface area (Å²) in [6, 6.07) is 11.5. The van der Waals surface area contributed by atoms with Gasteiger partial charge in [0.15, 0.2) is 18.1 Å². The number of amides is 1. The molecular weight excluding hydrogens is 412 g/mol. The second-order valence-electron chi connectivity index (χ2n) is 7.63. The van der Waals surface area contributed by atoms with Crippen LogP contribution in [0.1, 0.15) is 21.5 Å². The fraction of sp³-hybridized carbons (Fsp3) is 0.417. The topological polar surface area (TPSA) is 77.5 Å². The van der Waals surface area contributed by atoms with Crippen LogP contribution in [0.3, 0.4) is 0 Å². The van der Waals surface area contributed by atoms with E-state index in [1.165, 1.54) is 38.5 Å². The third kappa shape index (κ3) is 5.70. The zero-order chi connectivity index (χ0) is 23.1. The molecule has 0 atom stereocenters. The Kier molecular flexibility index (Phi) is 7.94. The van der Waals surface area contributed by atoms with E-state index in [0.717, 1.165) is 19.6 Å². The molecule has 2 aromatic rings. The Hall–Kier alpha value is -3.26. The number of carbonyl (C=O) groups is 2. The van der Waals surface area contributed by atoms with Gasteiger partial charge in [-0.1, -0.05) is 29.8 Å². The van der Waals surface area contributed by atoms with Crippen LogP contribution in [0.5, 0.6) is 17.2 Å². The molecule has 8 heteroatoms. The van der Waals surface area contributed by atoms with E-state index in [2.05, 4.69) is 36.1 Å². The predicted molar refractivity (Wildman–Crippen MR) is 119 cm³/mol. The zero-order valence-corrected chi connectivity index (χ0v) is 19.1. The largest absolute Gasteiger partial charge is 0.496 e. The Morgan fingerprint density at radius 1 is 0.875 bits per heavy atom. The molecule has 1 saturated heterocycles. The summed E-state index contributed by atoms with van der Waals surface area (Å²) in [5, 5.41) is 0. The van der Waals surface area contributed by atoms with E-state index < -0.39 is 5.97 Å². The Balaban J connectivity index is 1.52. The third-order valence-corrected chi connectivity index (χ3v) is 5.47. The Morgan fingerprint density at radius 3 is 2.16 bits per heavy atom. The summed E-state index contributed by atoms with van der Waals surface area (Å²) >= 11 is 0. The van der Waals surface area contributed by atoms with Crippen LogP contribution in [0.15, 0.2) is 36.4 Å². The summed E-state index contributed by atoms with van der Waals surface area (Å²) < 4.78 is 21.0. The van der Waals surface area contributed by atoms with E-state index >= 15 is 0 Å². The molecule has 0 aliphatic carbocycles. The van der Waals surface area contributed by atoms with Crippen LogP contribution in [0.25, 0.3) is 0 Å². The first-order valence-electron chi connectivity index (χ1n) is 10.5. The maximum absolute atomic E-state index is 12.6. The van der Waals surface area contributed by atoms with Crippen molar-refractivity contribution in [1.29, 1.82) is 0 Å². The molecule has 0 unspecified atom stereocenters. The number of aryl methyl sites for hydroxylation is 1. The van der Waals surface area contributed by atoms with Crippen molar-refractivity contribution in [3.05, 3.63) is 53.1 Å². The van der Waals surface area contributed by atoms with E-state index in [9.17, 15) is 9.59 Å². The van der Waals surface area contributed by atoms with Gasteiger partial charge in [-0.15, -0.1) is 0 Å². The molecule has 0 aromatic heterocycles. The lowest BCUT2D eigenvalue weighted by molar-refractivity contribution is -0.136. The Bertz CT molecular complexity index is 954. The van der Waals surface area contributed by atoms with Crippen LogP contribution < -0.4 is 14.2 Å². The van der Waals surface area contributed by atoms with Gasteiger partial charge in [-0.25, -0.2) is 4.79 Å². The second-order valence-corrected chi connectivity index (χ2v) is 7.63. The van der Waals surface area contributed by atoms with Crippen LogP contribution in [-0.4, -0.2) is 75.8 Å². The van der Waals surface area contributed by atoms with Crippen molar-refractivity contribution < 1.29 is 28.5 Å². The lowest BCUT2D eigenvalue weighted by Gasteiger charge is -2.34. The Morgan fingerprint density at radius 2 is 1.53 bits per heavy atom. The highest BCUT2D eigenvalue weighted by Crippen LogP contribution is 2.34. The number of benzene rings is 2. The summed E-state index contributed by atoms with van der Waals surface area (Å²) in [6.07, 6.45) is 0. The summed E-state index contributed by atoms with van der Waals surface area (Å²) in [5.41, 5.74) is 2.67. The van der Waals surface area contributed by atoms with Crippen molar-refractivity contribution >= 4 is 11.9 Å². The predicted octanol–water partition coefficient (Wildman–Crippen LogP) is 2.52. The van der Waals surface area contributed by atoms with Crippen LogP contribution >= 0.6 is 0 Å². The van der Waals surface area contributed by atoms with Crippen molar-refractivity contribution in [1.82, 2.24) is 9.80 Å². The standard InChI is InChI=1S/C24H30N2O6/c1-17-6-5-7-18(12-17)15-25-8-10-26(11-9-25)23(27)16-32-24(28)19-13-21(30-3)22(31-4)14-20(19)29-2/h5-7,12-14H,8-11,15-16H2,1-4H3. The molecule has 1 aliphatic heterocycles. The first-order valence-corrected chi connectivity index (χ1v) is 10.5. The monoisotopic (exact) mass is 442 g/mol. The lowest BCUT2D eigenvalue weighted by atomic mass is 10.1. The van der Waals surface area contributed by atoms with Crippen molar-refractivity contribution in [2.45, 2.75) is 13.5 Å². The molecule has 3 rings (SSSR count). The van der Waals surface area contributed by atoms with E-state index in [-0.39, 0.29) is 23.8 Å². The van der Waals surface area contributed by atoms with Crippen LogP contribution in [0, 0.1) is 6.92 Å². The fourth-order valence-corrected chi connectivity index (χ4v) is 3.71. The van der Waals surface area contributed by atoms with Gasteiger partial charge in [0.05, 0.1) is 21.3 Å². The van der Waals surface area contributed by atoms with E-state index in [4.69, 9.17) is 18.9 Å². The minimum absolute atomic E-state index is 0.168. The molecule has 32 heavy (non-hydrogen) atoms. The highest BCUT2D eigenvalue weighted by molar-refractivity contribution is 5.95. The highest BCUT2D eigenvalue weighted by atomic mass is 16.5. The Labute approximate surface area is 188 Å². The van der Waals surface area contributed by atoms with Gasteiger partial charge >= 0.3 is 5.97 Å². The SMILES string of the molecule is COc1cc(OC)c(C(=O)OCC(=O)N2CCN(Cc3cccc(C)c3)CC2)cc1OC. The number of carbonyl (C=O) groups excluding carboxylic acids is 2. The van der Waals surface area contributed by atoms with Gasteiger partial charge in [-0.3, -0.25) is 9.69 Å².